The molecule has 0 heterocycles. The van der Waals surface area contributed by atoms with Gasteiger partial charge in [-0.3, -0.25) is 0 Å². The summed E-state index contributed by atoms with van der Waals surface area (Å²) >= 11 is 0. The standard InChI is InChI=1S/C12H14/c1-4-12(10(2)3)11-8-6-5-7-9-11/h4-9,12H,1-2H2,3H3. The molecule has 0 radical (unpaired) electrons. The normalized spacial score (nSPS) is 12.1. The average Bonchev–Trinajstić information content (AvgIpc) is 2.07. The fourth-order valence-electron chi connectivity index (χ4n) is 1.28. The van der Waals surface area contributed by atoms with Gasteiger partial charge in [-0.15, -0.1) is 6.58 Å². The molecule has 1 atom stereocenters. The molecule has 1 aromatic carbocycles. The van der Waals surface area contributed by atoms with Crippen LogP contribution in [0.25, 0.3) is 0 Å². The zero-order valence-electron chi connectivity index (χ0n) is 7.46. The number of rotatable bonds is 3. The molecule has 0 aliphatic carbocycles. The third-order valence-corrected chi connectivity index (χ3v) is 1.93. The van der Waals surface area contributed by atoms with Gasteiger partial charge < -0.3 is 0 Å². The van der Waals surface area contributed by atoms with Gasteiger partial charge in [0.2, 0.25) is 0 Å². The molecular weight excluding hydrogens is 144 g/mol. The summed E-state index contributed by atoms with van der Waals surface area (Å²) in [5.74, 6) is 0.297. The van der Waals surface area contributed by atoms with Crippen LogP contribution in [0.3, 0.4) is 0 Å². The Hall–Kier alpha value is -1.30. The molecule has 0 nitrogen and oxygen atoms in total. The fourth-order valence-corrected chi connectivity index (χ4v) is 1.28. The maximum absolute atomic E-state index is 3.93. The van der Waals surface area contributed by atoms with Crippen molar-refractivity contribution in [3.05, 3.63) is 60.7 Å². The molecule has 0 amide bonds. The van der Waals surface area contributed by atoms with E-state index in [4.69, 9.17) is 0 Å². The zero-order chi connectivity index (χ0) is 8.97. The Morgan fingerprint density at radius 2 is 1.92 bits per heavy atom. The van der Waals surface area contributed by atoms with Crippen LogP contribution in [-0.2, 0) is 0 Å². The van der Waals surface area contributed by atoms with Crippen molar-refractivity contribution in [2.24, 2.45) is 0 Å². The van der Waals surface area contributed by atoms with E-state index in [1.54, 1.807) is 0 Å². The number of benzene rings is 1. The summed E-state index contributed by atoms with van der Waals surface area (Å²) in [6.45, 7) is 9.76. The first-order valence-electron chi connectivity index (χ1n) is 4.08. The van der Waals surface area contributed by atoms with Crippen molar-refractivity contribution in [2.45, 2.75) is 12.8 Å². The highest BCUT2D eigenvalue weighted by atomic mass is 14.1. The largest absolute Gasteiger partial charge is 0.102 e. The van der Waals surface area contributed by atoms with Crippen LogP contribution in [0.1, 0.15) is 18.4 Å². The van der Waals surface area contributed by atoms with Gasteiger partial charge in [0.05, 0.1) is 0 Å². The van der Waals surface area contributed by atoms with Crippen LogP contribution in [0.15, 0.2) is 55.1 Å². The minimum atomic E-state index is 0.297. The first-order chi connectivity index (χ1) is 5.75. The second kappa shape index (κ2) is 3.91. The van der Waals surface area contributed by atoms with Crippen molar-refractivity contribution < 1.29 is 0 Å². The Bertz CT molecular complexity index is 269. The van der Waals surface area contributed by atoms with Gasteiger partial charge in [0.15, 0.2) is 0 Å². The summed E-state index contributed by atoms with van der Waals surface area (Å²) in [5, 5.41) is 0. The summed E-state index contributed by atoms with van der Waals surface area (Å²) in [6.07, 6.45) is 1.93. The lowest BCUT2D eigenvalue weighted by molar-refractivity contribution is 1.00. The number of hydrogen-bond acceptors (Lipinski definition) is 0. The minimum absolute atomic E-state index is 0.297. The third kappa shape index (κ3) is 1.85. The number of hydrogen-bond donors (Lipinski definition) is 0. The van der Waals surface area contributed by atoms with Crippen molar-refractivity contribution in [1.29, 1.82) is 0 Å². The summed E-state index contributed by atoms with van der Waals surface area (Å²) in [4.78, 5) is 0. The van der Waals surface area contributed by atoms with Gasteiger partial charge in [-0.05, 0) is 12.5 Å². The Labute approximate surface area is 74.2 Å². The molecule has 0 saturated carbocycles. The van der Waals surface area contributed by atoms with Gasteiger partial charge in [0, 0.05) is 5.92 Å². The van der Waals surface area contributed by atoms with E-state index in [0.717, 1.165) is 5.57 Å². The highest BCUT2D eigenvalue weighted by Crippen LogP contribution is 2.22. The predicted molar refractivity (Wildman–Crippen MR) is 54.2 cm³/mol. The molecule has 1 rings (SSSR count). The van der Waals surface area contributed by atoms with Gasteiger partial charge in [0.25, 0.3) is 0 Å². The molecule has 0 aromatic heterocycles. The van der Waals surface area contributed by atoms with Crippen molar-refractivity contribution in [2.75, 3.05) is 0 Å². The smallest absolute Gasteiger partial charge is 0.0220 e. The van der Waals surface area contributed by atoms with Crippen LogP contribution in [0, 0.1) is 0 Å². The third-order valence-electron chi connectivity index (χ3n) is 1.93. The van der Waals surface area contributed by atoms with Crippen LogP contribution >= 0.6 is 0 Å². The van der Waals surface area contributed by atoms with Crippen LogP contribution in [-0.4, -0.2) is 0 Å². The number of allylic oxidation sites excluding steroid dienone is 2. The molecular formula is C12H14. The van der Waals surface area contributed by atoms with Crippen molar-refractivity contribution in [3.8, 4) is 0 Å². The second-order valence-electron chi connectivity index (χ2n) is 2.97. The SMILES string of the molecule is C=CC(C(=C)C)c1ccccc1. The van der Waals surface area contributed by atoms with E-state index in [2.05, 4.69) is 25.3 Å². The topological polar surface area (TPSA) is 0 Å². The minimum Gasteiger partial charge on any atom is -0.102 e. The summed E-state index contributed by atoms with van der Waals surface area (Å²) in [5.41, 5.74) is 2.40. The zero-order valence-corrected chi connectivity index (χ0v) is 7.46. The van der Waals surface area contributed by atoms with Crippen LogP contribution < -0.4 is 0 Å². The maximum atomic E-state index is 3.93. The van der Waals surface area contributed by atoms with Crippen molar-refractivity contribution in [1.82, 2.24) is 0 Å². The molecule has 0 fully saturated rings. The molecule has 0 spiro atoms. The molecule has 0 aliphatic rings. The van der Waals surface area contributed by atoms with Crippen LogP contribution in [0.5, 0.6) is 0 Å². The van der Waals surface area contributed by atoms with E-state index >= 15 is 0 Å². The van der Waals surface area contributed by atoms with Gasteiger partial charge in [0.1, 0.15) is 0 Å². The van der Waals surface area contributed by atoms with Crippen LogP contribution in [0.2, 0.25) is 0 Å². The second-order valence-corrected chi connectivity index (χ2v) is 2.97. The van der Waals surface area contributed by atoms with Gasteiger partial charge in [-0.1, -0.05) is 48.6 Å². The fraction of sp³-hybridized carbons (Fsp3) is 0.167. The lowest BCUT2D eigenvalue weighted by atomic mass is 9.93. The Kier molecular flexibility index (Phi) is 2.87. The lowest BCUT2D eigenvalue weighted by Crippen LogP contribution is -1.94. The lowest BCUT2D eigenvalue weighted by Gasteiger charge is -2.11. The van der Waals surface area contributed by atoms with E-state index in [9.17, 15) is 0 Å². The van der Waals surface area contributed by atoms with Crippen molar-refractivity contribution >= 4 is 0 Å². The molecule has 1 unspecified atom stereocenters. The highest BCUT2D eigenvalue weighted by Gasteiger charge is 2.05. The molecule has 12 heavy (non-hydrogen) atoms. The van der Waals surface area contributed by atoms with E-state index in [-0.39, 0.29) is 0 Å². The van der Waals surface area contributed by atoms with E-state index in [0.29, 0.717) is 5.92 Å². The van der Waals surface area contributed by atoms with E-state index in [1.165, 1.54) is 5.56 Å². The first kappa shape index (κ1) is 8.79. The Morgan fingerprint density at radius 1 is 1.33 bits per heavy atom. The predicted octanol–water partition coefficient (Wildman–Crippen LogP) is 3.53. The van der Waals surface area contributed by atoms with Crippen molar-refractivity contribution in [3.63, 3.8) is 0 Å². The van der Waals surface area contributed by atoms with Gasteiger partial charge in [-0.25, -0.2) is 0 Å². The Morgan fingerprint density at radius 3 is 2.33 bits per heavy atom. The molecule has 0 N–H and O–H groups in total. The molecule has 1 aromatic rings. The molecule has 0 heteroatoms. The summed E-state index contributed by atoms with van der Waals surface area (Å²) in [6, 6.07) is 10.3. The summed E-state index contributed by atoms with van der Waals surface area (Å²) in [7, 11) is 0. The first-order valence-corrected chi connectivity index (χ1v) is 4.08. The monoisotopic (exact) mass is 158 g/mol. The maximum Gasteiger partial charge on any atom is 0.0220 e. The molecule has 0 bridgehead atoms. The van der Waals surface area contributed by atoms with E-state index < -0.39 is 0 Å². The Balaban J connectivity index is 2.95. The highest BCUT2D eigenvalue weighted by molar-refractivity contribution is 5.30. The van der Waals surface area contributed by atoms with Gasteiger partial charge in [-0.2, -0.15) is 0 Å². The van der Waals surface area contributed by atoms with Gasteiger partial charge >= 0.3 is 0 Å². The quantitative estimate of drug-likeness (QED) is 0.590. The average molecular weight is 158 g/mol. The summed E-state index contributed by atoms with van der Waals surface area (Å²) < 4.78 is 0. The molecule has 0 aliphatic heterocycles. The van der Waals surface area contributed by atoms with E-state index in [1.807, 2.05) is 31.2 Å². The molecule has 62 valence electrons. The molecule has 0 saturated heterocycles. The van der Waals surface area contributed by atoms with Crippen LogP contribution in [0.4, 0.5) is 0 Å².